The van der Waals surface area contributed by atoms with Crippen LogP contribution < -0.4 is 0 Å². The molecule has 32 heavy (non-hydrogen) atoms. The molecule has 180 valence electrons. The van der Waals surface area contributed by atoms with Gasteiger partial charge in [-0.05, 0) is 65.2 Å². The van der Waals surface area contributed by atoms with Gasteiger partial charge >= 0.3 is 0 Å². The van der Waals surface area contributed by atoms with E-state index in [0.717, 1.165) is 57.1 Å². The highest BCUT2D eigenvalue weighted by molar-refractivity contribution is 6.04. The Morgan fingerprint density at radius 3 is 2.28 bits per heavy atom. The third-order valence-electron chi connectivity index (χ3n) is 8.62. The van der Waals surface area contributed by atoms with Crippen LogP contribution in [0.3, 0.4) is 0 Å². The molecule has 3 rings (SSSR count). The van der Waals surface area contributed by atoms with Crippen molar-refractivity contribution in [3.8, 4) is 0 Å². The van der Waals surface area contributed by atoms with E-state index in [1.165, 1.54) is 0 Å². The van der Waals surface area contributed by atoms with Crippen LogP contribution in [0.4, 0.5) is 0 Å². The maximum Gasteiger partial charge on any atom is 0.233 e. The zero-order valence-electron chi connectivity index (χ0n) is 21.4. The lowest BCUT2D eigenvalue weighted by atomic mass is 9.72. The van der Waals surface area contributed by atoms with Gasteiger partial charge in [0.15, 0.2) is 0 Å². The Labute approximate surface area is 195 Å². The van der Waals surface area contributed by atoms with Crippen LogP contribution in [0, 0.1) is 23.7 Å². The molecule has 5 heteroatoms. The minimum Gasteiger partial charge on any atom is -0.337 e. The summed E-state index contributed by atoms with van der Waals surface area (Å²) in [5.74, 6) is 0.191. The summed E-state index contributed by atoms with van der Waals surface area (Å²) in [6.07, 6.45) is 9.05. The molecule has 0 saturated carbocycles. The third-order valence-corrected chi connectivity index (χ3v) is 8.62. The summed E-state index contributed by atoms with van der Waals surface area (Å²) < 4.78 is 0. The van der Waals surface area contributed by atoms with Gasteiger partial charge in [0.05, 0.1) is 11.8 Å². The molecule has 0 aromatic carbocycles. The highest BCUT2D eigenvalue weighted by Crippen LogP contribution is 2.47. The van der Waals surface area contributed by atoms with E-state index in [1.54, 1.807) is 4.90 Å². The van der Waals surface area contributed by atoms with E-state index in [9.17, 15) is 14.4 Å². The van der Waals surface area contributed by atoms with Crippen molar-refractivity contribution in [3.05, 3.63) is 11.6 Å². The predicted molar refractivity (Wildman–Crippen MR) is 128 cm³/mol. The first-order valence-electron chi connectivity index (χ1n) is 12.9. The summed E-state index contributed by atoms with van der Waals surface area (Å²) in [7, 11) is 0. The molecule has 2 fully saturated rings. The summed E-state index contributed by atoms with van der Waals surface area (Å²) in [4.78, 5) is 43.6. The van der Waals surface area contributed by atoms with Crippen molar-refractivity contribution >= 4 is 17.7 Å². The van der Waals surface area contributed by atoms with Crippen LogP contribution in [0.2, 0.25) is 0 Å². The Kier molecular flexibility index (Phi) is 7.26. The van der Waals surface area contributed by atoms with E-state index < -0.39 is 0 Å². The minimum absolute atomic E-state index is 0.00967. The number of likely N-dealkylation sites (tertiary alicyclic amines) is 2. The summed E-state index contributed by atoms with van der Waals surface area (Å²) in [5.41, 5.74) is 0.560. The molecule has 3 amide bonds. The van der Waals surface area contributed by atoms with Crippen LogP contribution in [-0.2, 0) is 14.4 Å². The Morgan fingerprint density at radius 2 is 1.69 bits per heavy atom. The molecule has 5 unspecified atom stereocenters. The Balaban J connectivity index is 1.80. The summed E-state index contributed by atoms with van der Waals surface area (Å²) in [6, 6.07) is 0. The SMILES string of the molecule is CCCCC(C)(CC)N1C(=O)CC(C2C=C(C)C3C(=O)N(C(C)(C)CCC)CC3C2)C1=O. The van der Waals surface area contributed by atoms with Crippen molar-refractivity contribution in [3.63, 3.8) is 0 Å². The van der Waals surface area contributed by atoms with Gasteiger partial charge in [-0.25, -0.2) is 0 Å². The van der Waals surface area contributed by atoms with Gasteiger partial charge in [-0.15, -0.1) is 0 Å². The molecule has 0 bridgehead atoms. The fraction of sp³-hybridized carbons (Fsp3) is 0.815. The van der Waals surface area contributed by atoms with Gasteiger partial charge in [0.25, 0.3) is 0 Å². The molecule has 0 spiro atoms. The van der Waals surface area contributed by atoms with E-state index in [4.69, 9.17) is 0 Å². The van der Waals surface area contributed by atoms with Gasteiger partial charge in [0.1, 0.15) is 0 Å². The Morgan fingerprint density at radius 1 is 1.00 bits per heavy atom. The minimum atomic E-state index is -0.390. The van der Waals surface area contributed by atoms with E-state index >= 15 is 0 Å². The van der Waals surface area contributed by atoms with Gasteiger partial charge < -0.3 is 4.90 Å². The number of fused-ring (bicyclic) bond motifs is 1. The molecular weight excluding hydrogens is 400 g/mol. The molecule has 1 aliphatic carbocycles. The molecule has 2 aliphatic heterocycles. The van der Waals surface area contributed by atoms with E-state index in [-0.39, 0.29) is 52.5 Å². The smallest absolute Gasteiger partial charge is 0.233 e. The van der Waals surface area contributed by atoms with Crippen molar-refractivity contribution in [2.45, 2.75) is 111 Å². The van der Waals surface area contributed by atoms with Gasteiger partial charge in [0.2, 0.25) is 17.7 Å². The lowest BCUT2D eigenvalue weighted by molar-refractivity contribution is -0.147. The number of hydrogen-bond acceptors (Lipinski definition) is 3. The second-order valence-corrected chi connectivity index (χ2v) is 11.4. The number of carbonyl (C=O) groups excluding carboxylic acids is 3. The van der Waals surface area contributed by atoms with Crippen molar-refractivity contribution in [2.24, 2.45) is 23.7 Å². The first-order valence-corrected chi connectivity index (χ1v) is 12.9. The van der Waals surface area contributed by atoms with Crippen LogP contribution in [0.1, 0.15) is 99.8 Å². The monoisotopic (exact) mass is 444 g/mol. The van der Waals surface area contributed by atoms with Crippen molar-refractivity contribution in [1.29, 1.82) is 0 Å². The molecule has 3 aliphatic rings. The summed E-state index contributed by atoms with van der Waals surface area (Å²) >= 11 is 0. The van der Waals surface area contributed by atoms with Gasteiger partial charge in [-0.1, -0.05) is 51.7 Å². The molecular formula is C27H44N2O3. The van der Waals surface area contributed by atoms with Gasteiger partial charge in [-0.3, -0.25) is 19.3 Å². The number of imide groups is 1. The predicted octanol–water partition coefficient (Wildman–Crippen LogP) is 5.34. The highest BCUT2D eigenvalue weighted by atomic mass is 16.2. The molecule has 2 heterocycles. The lowest BCUT2D eigenvalue weighted by Gasteiger charge is -2.38. The fourth-order valence-electron chi connectivity index (χ4n) is 6.57. The maximum atomic E-state index is 13.6. The Bertz CT molecular complexity index is 786. The van der Waals surface area contributed by atoms with Crippen molar-refractivity contribution in [1.82, 2.24) is 9.80 Å². The number of allylic oxidation sites excluding steroid dienone is 1. The number of amides is 3. The molecule has 5 nitrogen and oxygen atoms in total. The third kappa shape index (κ3) is 4.28. The average molecular weight is 445 g/mol. The number of carbonyl (C=O) groups is 3. The van der Waals surface area contributed by atoms with Crippen LogP contribution in [-0.4, -0.2) is 45.1 Å². The first kappa shape index (κ1) is 25.0. The molecule has 0 N–H and O–H groups in total. The second kappa shape index (κ2) is 9.30. The van der Waals surface area contributed by atoms with E-state index in [0.29, 0.717) is 6.42 Å². The van der Waals surface area contributed by atoms with Crippen LogP contribution >= 0.6 is 0 Å². The van der Waals surface area contributed by atoms with Gasteiger partial charge in [0, 0.05) is 24.0 Å². The number of unbranched alkanes of at least 4 members (excludes halogenated alkanes) is 1. The average Bonchev–Trinajstić information content (AvgIpc) is 3.23. The number of hydrogen-bond donors (Lipinski definition) is 0. The van der Waals surface area contributed by atoms with Crippen molar-refractivity contribution < 1.29 is 14.4 Å². The molecule has 0 radical (unpaired) electrons. The molecule has 2 saturated heterocycles. The molecule has 0 aromatic rings. The number of nitrogens with zero attached hydrogens (tertiary/aromatic N) is 2. The molecule has 0 aromatic heterocycles. The second-order valence-electron chi connectivity index (χ2n) is 11.4. The van der Waals surface area contributed by atoms with Gasteiger partial charge in [-0.2, -0.15) is 0 Å². The topological polar surface area (TPSA) is 57.7 Å². The quantitative estimate of drug-likeness (QED) is 0.356. The lowest BCUT2D eigenvalue weighted by Crippen LogP contribution is -2.50. The maximum absolute atomic E-state index is 13.6. The highest BCUT2D eigenvalue weighted by Gasteiger charge is 2.53. The van der Waals surface area contributed by atoms with E-state index in [1.807, 2.05) is 0 Å². The van der Waals surface area contributed by atoms with Crippen molar-refractivity contribution in [2.75, 3.05) is 6.54 Å². The summed E-state index contributed by atoms with van der Waals surface area (Å²) in [6.45, 7) is 15.6. The zero-order valence-corrected chi connectivity index (χ0v) is 21.4. The largest absolute Gasteiger partial charge is 0.337 e. The standard InChI is InChI=1S/C27H44N2O3/c1-8-11-13-27(7,10-3)29-22(30)16-21(24(29)31)19-14-18(4)23-20(15-19)17-28(25(23)32)26(5,6)12-9-2/h14,19-21,23H,8-13,15-17H2,1-7H3. The first-order chi connectivity index (χ1) is 15.0. The van der Waals surface area contributed by atoms with Crippen LogP contribution in [0.25, 0.3) is 0 Å². The van der Waals surface area contributed by atoms with Crippen LogP contribution in [0.5, 0.6) is 0 Å². The normalized spacial score (nSPS) is 30.6. The van der Waals surface area contributed by atoms with Crippen LogP contribution in [0.15, 0.2) is 11.6 Å². The fourth-order valence-corrected chi connectivity index (χ4v) is 6.57. The Hall–Kier alpha value is -1.65. The molecule has 5 atom stereocenters. The number of rotatable bonds is 9. The zero-order chi connectivity index (χ0) is 23.8. The summed E-state index contributed by atoms with van der Waals surface area (Å²) in [5, 5.41) is 0. The van der Waals surface area contributed by atoms with E-state index in [2.05, 4.69) is 59.4 Å².